The van der Waals surface area contributed by atoms with Crippen molar-refractivity contribution in [1.29, 1.82) is 0 Å². The highest BCUT2D eigenvalue weighted by Crippen LogP contribution is 2.64. The molecule has 29 heavy (non-hydrogen) atoms. The Balaban J connectivity index is 1.71. The predicted molar refractivity (Wildman–Crippen MR) is 112 cm³/mol. The molecule has 0 bridgehead atoms. The van der Waals surface area contributed by atoms with Crippen LogP contribution in [-0.4, -0.2) is 33.5 Å². The summed E-state index contributed by atoms with van der Waals surface area (Å²) in [7, 11) is 0. The third-order valence-corrected chi connectivity index (χ3v) is 9.24. The van der Waals surface area contributed by atoms with E-state index in [1.165, 1.54) is 19.3 Å². The van der Waals surface area contributed by atoms with Crippen molar-refractivity contribution in [3.63, 3.8) is 0 Å². The van der Waals surface area contributed by atoms with Crippen LogP contribution in [0.25, 0.3) is 0 Å². The summed E-state index contributed by atoms with van der Waals surface area (Å²) in [6.45, 7) is 13.0. The molecule has 0 aromatic heterocycles. The van der Waals surface area contributed by atoms with Crippen molar-refractivity contribution in [2.24, 2.45) is 28.6 Å². The Kier molecular flexibility index (Phi) is 6.19. The standard InChI is InChI=1S/C24H42O5/c1-16-8-9-19-21(3,4)11-7-12-23(19,6)24(16,27)15-14-22(5)13-10-18(28-29-22)17(2)20(25)26/h16-19,27H,7-15H2,1-6H3,(H,25,26)/t16-,17+,18+,19+,22+,23-,24+/m1/s1. The van der Waals surface area contributed by atoms with Gasteiger partial charge in [0.15, 0.2) is 0 Å². The largest absolute Gasteiger partial charge is 0.481 e. The maximum Gasteiger partial charge on any atom is 0.308 e. The van der Waals surface area contributed by atoms with Crippen LogP contribution in [-0.2, 0) is 14.6 Å². The van der Waals surface area contributed by atoms with Crippen LogP contribution in [0.5, 0.6) is 0 Å². The van der Waals surface area contributed by atoms with Crippen LogP contribution >= 0.6 is 0 Å². The molecule has 2 saturated carbocycles. The fourth-order valence-electron chi connectivity index (χ4n) is 6.93. The molecule has 3 rings (SSSR count). The molecule has 7 atom stereocenters. The molecular weight excluding hydrogens is 368 g/mol. The summed E-state index contributed by atoms with van der Waals surface area (Å²) in [5.41, 5.74) is -0.975. The average Bonchev–Trinajstić information content (AvgIpc) is 2.64. The number of carboxylic acid groups (broad SMARTS) is 1. The molecule has 0 aromatic carbocycles. The molecule has 168 valence electrons. The van der Waals surface area contributed by atoms with Gasteiger partial charge in [0.1, 0.15) is 11.7 Å². The molecule has 0 unspecified atom stereocenters. The first-order valence-corrected chi connectivity index (χ1v) is 11.6. The lowest BCUT2D eigenvalue weighted by Crippen LogP contribution is -2.62. The van der Waals surface area contributed by atoms with E-state index >= 15 is 0 Å². The van der Waals surface area contributed by atoms with Crippen molar-refractivity contribution in [1.82, 2.24) is 0 Å². The average molecular weight is 411 g/mol. The second kappa shape index (κ2) is 7.80. The van der Waals surface area contributed by atoms with E-state index < -0.39 is 29.2 Å². The summed E-state index contributed by atoms with van der Waals surface area (Å²) in [5, 5.41) is 21.3. The molecule has 3 fully saturated rings. The van der Waals surface area contributed by atoms with Gasteiger partial charge in [-0.3, -0.25) is 4.79 Å². The molecule has 3 aliphatic rings. The molecule has 0 radical (unpaired) electrons. The first-order valence-electron chi connectivity index (χ1n) is 11.6. The van der Waals surface area contributed by atoms with Crippen LogP contribution in [0.1, 0.15) is 99.3 Å². The van der Waals surface area contributed by atoms with E-state index in [0.29, 0.717) is 18.8 Å². The fraction of sp³-hybridized carbons (Fsp3) is 0.958. The fourth-order valence-corrected chi connectivity index (χ4v) is 6.93. The van der Waals surface area contributed by atoms with Crippen molar-refractivity contribution < 1.29 is 24.8 Å². The highest BCUT2D eigenvalue weighted by Gasteiger charge is 2.61. The molecule has 2 N–H and O–H groups in total. The van der Waals surface area contributed by atoms with Gasteiger partial charge in [-0.2, -0.15) is 0 Å². The van der Waals surface area contributed by atoms with Crippen molar-refractivity contribution in [3.05, 3.63) is 0 Å². The van der Waals surface area contributed by atoms with Gasteiger partial charge in [0.05, 0.1) is 11.5 Å². The van der Waals surface area contributed by atoms with Gasteiger partial charge in [0, 0.05) is 0 Å². The highest BCUT2D eigenvalue weighted by atomic mass is 17.2. The summed E-state index contributed by atoms with van der Waals surface area (Å²) >= 11 is 0. The van der Waals surface area contributed by atoms with Gasteiger partial charge in [-0.05, 0) is 87.9 Å². The second-order valence-electron chi connectivity index (χ2n) is 11.5. The van der Waals surface area contributed by atoms with E-state index in [2.05, 4.69) is 27.7 Å². The molecule has 5 heteroatoms. The smallest absolute Gasteiger partial charge is 0.308 e. The lowest BCUT2D eigenvalue weighted by atomic mass is 9.44. The third-order valence-electron chi connectivity index (χ3n) is 9.24. The van der Waals surface area contributed by atoms with Gasteiger partial charge < -0.3 is 10.2 Å². The van der Waals surface area contributed by atoms with Gasteiger partial charge in [-0.25, -0.2) is 9.78 Å². The molecule has 1 heterocycles. The number of fused-ring (bicyclic) bond motifs is 1. The minimum atomic E-state index is -0.855. The van der Waals surface area contributed by atoms with Crippen molar-refractivity contribution in [3.8, 4) is 0 Å². The Hall–Kier alpha value is -0.650. The van der Waals surface area contributed by atoms with E-state index in [1.807, 2.05) is 6.92 Å². The van der Waals surface area contributed by atoms with Crippen LogP contribution in [0.4, 0.5) is 0 Å². The maximum atomic E-state index is 12.1. The van der Waals surface area contributed by atoms with Gasteiger partial charge in [0.2, 0.25) is 0 Å². The normalized spacial score (nSPS) is 46.0. The summed E-state index contributed by atoms with van der Waals surface area (Å²) in [6, 6.07) is 0. The topological polar surface area (TPSA) is 76.0 Å². The first-order chi connectivity index (χ1) is 13.3. The van der Waals surface area contributed by atoms with E-state index in [0.717, 1.165) is 25.7 Å². The SMILES string of the molecule is C[C@H](C(=O)O)[C@@H]1CC[C@@](C)(CC[C@]2(O)[C@H](C)CC[C@H]3C(C)(C)CCC[C@]32C)OO1. The number of carbonyl (C=O) groups is 1. The number of aliphatic hydroxyl groups is 1. The summed E-state index contributed by atoms with van der Waals surface area (Å²) in [6.07, 6.45) is 8.26. The van der Waals surface area contributed by atoms with Crippen molar-refractivity contribution in [2.75, 3.05) is 0 Å². The second-order valence-corrected chi connectivity index (χ2v) is 11.5. The number of aliphatic carboxylic acids is 1. The van der Waals surface area contributed by atoms with Crippen LogP contribution in [0.15, 0.2) is 0 Å². The molecule has 1 aliphatic heterocycles. The summed E-state index contributed by atoms with van der Waals surface area (Å²) in [5.74, 6) is -0.620. The zero-order valence-corrected chi connectivity index (χ0v) is 19.3. The Morgan fingerprint density at radius 1 is 1.07 bits per heavy atom. The van der Waals surface area contributed by atoms with Gasteiger partial charge in [0.25, 0.3) is 0 Å². The Bertz CT molecular complexity index is 608. The highest BCUT2D eigenvalue weighted by molar-refractivity contribution is 5.70. The third kappa shape index (κ3) is 3.99. The minimum absolute atomic E-state index is 0.0708. The molecule has 0 spiro atoms. The van der Waals surface area contributed by atoms with Gasteiger partial charge in [-0.15, -0.1) is 0 Å². The number of hydrogen-bond acceptors (Lipinski definition) is 4. The van der Waals surface area contributed by atoms with Crippen LogP contribution in [0.3, 0.4) is 0 Å². The molecular formula is C24H42O5. The lowest BCUT2D eigenvalue weighted by Gasteiger charge is -2.63. The van der Waals surface area contributed by atoms with Gasteiger partial charge >= 0.3 is 5.97 Å². The minimum Gasteiger partial charge on any atom is -0.481 e. The quantitative estimate of drug-likeness (QED) is 0.598. The Morgan fingerprint density at radius 3 is 2.34 bits per heavy atom. The molecule has 2 aliphatic carbocycles. The molecule has 1 saturated heterocycles. The van der Waals surface area contributed by atoms with Crippen molar-refractivity contribution >= 4 is 5.97 Å². The Labute approximate surface area is 176 Å². The monoisotopic (exact) mass is 410 g/mol. The summed E-state index contributed by atoms with van der Waals surface area (Å²) < 4.78 is 0. The zero-order valence-electron chi connectivity index (χ0n) is 19.3. The van der Waals surface area contributed by atoms with E-state index in [9.17, 15) is 15.0 Å². The van der Waals surface area contributed by atoms with Crippen LogP contribution < -0.4 is 0 Å². The van der Waals surface area contributed by atoms with E-state index in [-0.39, 0.29) is 16.7 Å². The van der Waals surface area contributed by atoms with E-state index in [1.54, 1.807) is 6.92 Å². The number of hydrogen-bond donors (Lipinski definition) is 2. The molecule has 5 nitrogen and oxygen atoms in total. The van der Waals surface area contributed by atoms with Crippen molar-refractivity contribution in [2.45, 2.75) is 117 Å². The zero-order chi connectivity index (χ0) is 21.7. The summed E-state index contributed by atoms with van der Waals surface area (Å²) in [4.78, 5) is 22.5. The van der Waals surface area contributed by atoms with Crippen LogP contribution in [0.2, 0.25) is 0 Å². The lowest BCUT2D eigenvalue weighted by molar-refractivity contribution is -0.412. The number of carboxylic acids is 1. The van der Waals surface area contributed by atoms with Gasteiger partial charge in [-0.1, -0.05) is 34.1 Å². The first kappa shape index (κ1) is 23.0. The van der Waals surface area contributed by atoms with Crippen LogP contribution in [0, 0.1) is 28.6 Å². The Morgan fingerprint density at radius 2 is 1.76 bits per heavy atom. The predicted octanol–water partition coefficient (Wildman–Crippen LogP) is 5.35. The van der Waals surface area contributed by atoms with E-state index in [4.69, 9.17) is 9.78 Å². The molecule has 0 amide bonds. The maximum absolute atomic E-state index is 12.1. The molecule has 0 aromatic rings. The number of rotatable bonds is 5.